The lowest BCUT2D eigenvalue weighted by Crippen LogP contribution is -2.37. The first-order chi connectivity index (χ1) is 8.74. The van der Waals surface area contributed by atoms with E-state index in [-0.39, 0.29) is 0 Å². The minimum absolute atomic E-state index is 0.696. The third-order valence-corrected chi connectivity index (χ3v) is 3.76. The van der Waals surface area contributed by atoms with E-state index in [2.05, 4.69) is 16.3 Å². The van der Waals surface area contributed by atoms with Gasteiger partial charge in [-0.25, -0.2) is 0 Å². The van der Waals surface area contributed by atoms with Crippen LogP contribution in [0.25, 0.3) is 0 Å². The summed E-state index contributed by atoms with van der Waals surface area (Å²) in [4.78, 5) is 2.27. The van der Waals surface area contributed by atoms with Crippen molar-refractivity contribution in [3.05, 3.63) is 28.8 Å². The molecular formula is C14H18ClN3. The number of hydrogen-bond donors (Lipinski definition) is 1. The molecule has 0 radical (unpaired) electrons. The Hall–Kier alpha value is -1.24. The Balaban J connectivity index is 2.10. The Morgan fingerprint density at radius 2 is 2.17 bits per heavy atom. The Bertz CT molecular complexity index is 445. The van der Waals surface area contributed by atoms with E-state index in [1.165, 1.54) is 0 Å². The second-order valence-electron chi connectivity index (χ2n) is 4.76. The minimum atomic E-state index is 0.696. The Labute approximate surface area is 113 Å². The fourth-order valence-electron chi connectivity index (χ4n) is 2.53. The average Bonchev–Trinajstić information content (AvgIpc) is 2.40. The fraction of sp³-hybridized carbons (Fsp3) is 0.500. The number of piperidine rings is 1. The third kappa shape index (κ3) is 2.95. The van der Waals surface area contributed by atoms with Crippen LogP contribution >= 0.6 is 11.6 Å². The van der Waals surface area contributed by atoms with Crippen molar-refractivity contribution in [2.45, 2.75) is 12.8 Å². The first kappa shape index (κ1) is 13.2. The lowest BCUT2D eigenvalue weighted by Gasteiger charge is -2.34. The molecule has 0 saturated carbocycles. The second kappa shape index (κ2) is 6.08. The van der Waals surface area contributed by atoms with Gasteiger partial charge in [0.15, 0.2) is 0 Å². The highest BCUT2D eigenvalue weighted by Crippen LogP contribution is 2.28. The van der Waals surface area contributed by atoms with E-state index in [0.29, 0.717) is 10.6 Å². The van der Waals surface area contributed by atoms with Crippen molar-refractivity contribution in [3.63, 3.8) is 0 Å². The van der Waals surface area contributed by atoms with Crippen molar-refractivity contribution in [1.82, 2.24) is 5.32 Å². The molecule has 1 N–H and O–H groups in total. The molecule has 1 aliphatic rings. The predicted octanol–water partition coefficient (Wildman–Crippen LogP) is 2.65. The summed E-state index contributed by atoms with van der Waals surface area (Å²) in [5.41, 5.74) is 1.69. The normalized spacial score (nSPS) is 16.6. The number of nitrogens with zero attached hydrogens (tertiary/aromatic N) is 2. The molecule has 0 aliphatic carbocycles. The second-order valence-corrected chi connectivity index (χ2v) is 5.20. The van der Waals surface area contributed by atoms with Gasteiger partial charge in [0.1, 0.15) is 6.07 Å². The number of anilines is 1. The summed E-state index contributed by atoms with van der Waals surface area (Å²) in [6.07, 6.45) is 2.33. The van der Waals surface area contributed by atoms with Gasteiger partial charge in [-0.05, 0) is 50.6 Å². The number of nitrogens with one attached hydrogen (secondary N) is 1. The lowest BCUT2D eigenvalue weighted by atomic mass is 9.96. The molecule has 1 aliphatic heterocycles. The highest BCUT2D eigenvalue weighted by atomic mass is 35.5. The van der Waals surface area contributed by atoms with Crippen LogP contribution in [0.3, 0.4) is 0 Å². The number of hydrogen-bond acceptors (Lipinski definition) is 3. The maximum atomic E-state index is 9.15. The summed E-state index contributed by atoms with van der Waals surface area (Å²) in [6, 6.07) is 7.72. The highest BCUT2D eigenvalue weighted by molar-refractivity contribution is 6.30. The molecule has 0 spiro atoms. The van der Waals surface area contributed by atoms with Gasteiger partial charge in [0.05, 0.1) is 11.3 Å². The maximum Gasteiger partial charge on any atom is 0.101 e. The number of rotatable bonds is 3. The highest BCUT2D eigenvalue weighted by Gasteiger charge is 2.20. The van der Waals surface area contributed by atoms with Crippen LogP contribution in [-0.2, 0) is 0 Å². The van der Waals surface area contributed by atoms with E-state index >= 15 is 0 Å². The molecular weight excluding hydrogens is 246 g/mol. The van der Waals surface area contributed by atoms with Gasteiger partial charge in [-0.3, -0.25) is 0 Å². The fourth-order valence-corrected chi connectivity index (χ4v) is 2.69. The zero-order valence-electron chi connectivity index (χ0n) is 10.6. The van der Waals surface area contributed by atoms with Gasteiger partial charge in [-0.15, -0.1) is 0 Å². The maximum absolute atomic E-state index is 9.15. The first-order valence-electron chi connectivity index (χ1n) is 6.33. The molecule has 1 aromatic rings. The molecule has 0 aromatic heterocycles. The molecule has 0 atom stereocenters. The smallest absolute Gasteiger partial charge is 0.101 e. The number of halogens is 1. The third-order valence-electron chi connectivity index (χ3n) is 3.53. The van der Waals surface area contributed by atoms with Crippen molar-refractivity contribution in [1.29, 1.82) is 5.26 Å². The SMILES string of the molecule is CNCC1CCN(c2cc(Cl)ccc2C#N)CC1. The molecule has 1 fully saturated rings. The summed E-state index contributed by atoms with van der Waals surface area (Å²) < 4.78 is 0. The van der Waals surface area contributed by atoms with Crippen molar-refractivity contribution < 1.29 is 0 Å². The average molecular weight is 264 g/mol. The standard InChI is InChI=1S/C14H18ClN3/c1-17-10-11-4-6-18(7-5-11)14-8-13(15)3-2-12(14)9-16/h2-3,8,11,17H,4-7,10H2,1H3. The van der Waals surface area contributed by atoms with Crippen LogP contribution in [-0.4, -0.2) is 26.7 Å². The Morgan fingerprint density at radius 3 is 2.78 bits per heavy atom. The minimum Gasteiger partial charge on any atom is -0.370 e. The molecule has 4 heteroatoms. The van der Waals surface area contributed by atoms with Crippen LogP contribution in [0.5, 0.6) is 0 Å². The van der Waals surface area contributed by atoms with Gasteiger partial charge in [0, 0.05) is 18.1 Å². The summed E-state index contributed by atoms with van der Waals surface area (Å²) in [7, 11) is 2.00. The molecule has 0 unspecified atom stereocenters. The van der Waals surface area contributed by atoms with Crippen LogP contribution < -0.4 is 10.2 Å². The molecule has 0 bridgehead atoms. The van der Waals surface area contributed by atoms with Crippen molar-refractivity contribution >= 4 is 17.3 Å². The quantitative estimate of drug-likeness (QED) is 0.911. The monoisotopic (exact) mass is 263 g/mol. The van der Waals surface area contributed by atoms with E-state index in [9.17, 15) is 0 Å². The summed E-state index contributed by atoms with van der Waals surface area (Å²) in [5.74, 6) is 0.746. The molecule has 3 nitrogen and oxygen atoms in total. The first-order valence-corrected chi connectivity index (χ1v) is 6.71. The molecule has 96 valence electrons. The molecule has 0 amide bonds. The van der Waals surface area contributed by atoms with Crippen molar-refractivity contribution in [2.24, 2.45) is 5.92 Å². The zero-order valence-corrected chi connectivity index (χ0v) is 11.4. The van der Waals surface area contributed by atoms with E-state index in [0.717, 1.165) is 44.1 Å². The van der Waals surface area contributed by atoms with Crippen molar-refractivity contribution in [2.75, 3.05) is 31.6 Å². The van der Waals surface area contributed by atoms with Crippen LogP contribution in [0.15, 0.2) is 18.2 Å². The molecule has 1 aromatic carbocycles. The Morgan fingerprint density at radius 1 is 1.44 bits per heavy atom. The number of benzene rings is 1. The summed E-state index contributed by atoms with van der Waals surface area (Å²) in [5, 5.41) is 13.1. The van der Waals surface area contributed by atoms with Gasteiger partial charge in [-0.1, -0.05) is 11.6 Å². The predicted molar refractivity (Wildman–Crippen MR) is 75.0 cm³/mol. The topological polar surface area (TPSA) is 39.1 Å². The zero-order chi connectivity index (χ0) is 13.0. The largest absolute Gasteiger partial charge is 0.370 e. The van der Waals surface area contributed by atoms with Crippen LogP contribution in [0, 0.1) is 17.2 Å². The van der Waals surface area contributed by atoms with E-state index in [1.54, 1.807) is 12.1 Å². The van der Waals surface area contributed by atoms with Crippen molar-refractivity contribution in [3.8, 4) is 6.07 Å². The van der Waals surface area contributed by atoms with E-state index in [4.69, 9.17) is 16.9 Å². The van der Waals surface area contributed by atoms with Gasteiger partial charge < -0.3 is 10.2 Å². The molecule has 2 rings (SSSR count). The van der Waals surface area contributed by atoms with Crippen LogP contribution in [0.1, 0.15) is 18.4 Å². The van der Waals surface area contributed by atoms with E-state index in [1.807, 2.05) is 13.1 Å². The molecule has 1 heterocycles. The molecule has 18 heavy (non-hydrogen) atoms. The molecule has 1 saturated heterocycles. The summed E-state index contributed by atoms with van der Waals surface area (Å²) in [6.45, 7) is 3.08. The van der Waals surface area contributed by atoms with Gasteiger partial charge in [0.2, 0.25) is 0 Å². The Kier molecular flexibility index (Phi) is 4.46. The van der Waals surface area contributed by atoms with Gasteiger partial charge in [0.25, 0.3) is 0 Å². The van der Waals surface area contributed by atoms with Gasteiger partial charge in [-0.2, -0.15) is 5.26 Å². The lowest BCUT2D eigenvalue weighted by molar-refractivity contribution is 0.393. The van der Waals surface area contributed by atoms with Crippen LogP contribution in [0.2, 0.25) is 5.02 Å². The van der Waals surface area contributed by atoms with Gasteiger partial charge >= 0.3 is 0 Å². The number of nitriles is 1. The van der Waals surface area contributed by atoms with Crippen LogP contribution in [0.4, 0.5) is 5.69 Å². The van der Waals surface area contributed by atoms with E-state index < -0.39 is 0 Å². The summed E-state index contributed by atoms with van der Waals surface area (Å²) >= 11 is 6.03.